The quantitative estimate of drug-likeness (QED) is 0.456. The number of benzene rings is 1. The Hall–Kier alpha value is -4.22. The van der Waals surface area contributed by atoms with E-state index in [1.807, 2.05) is 4.57 Å². The second kappa shape index (κ2) is 8.71. The minimum absolute atomic E-state index is 0.303. The molecule has 2 aromatic rings. The second-order valence-electron chi connectivity index (χ2n) is 9.05. The average molecular weight is 512 g/mol. The number of aryl methyl sites for hydroxylation is 2. The van der Waals surface area contributed by atoms with Gasteiger partial charge >= 0.3 is 11.9 Å². The van der Waals surface area contributed by atoms with Crippen LogP contribution in [0.2, 0.25) is 0 Å². The Balaban J connectivity index is 1.76. The van der Waals surface area contributed by atoms with Gasteiger partial charge in [0.15, 0.2) is 5.49 Å². The molecule has 0 amide bonds. The van der Waals surface area contributed by atoms with Crippen LogP contribution in [0.4, 0.5) is 19.0 Å². The van der Waals surface area contributed by atoms with Gasteiger partial charge in [-0.2, -0.15) is 13.2 Å². The van der Waals surface area contributed by atoms with Crippen molar-refractivity contribution >= 4 is 5.82 Å². The molecular formula is C25H24F3N7O2. The van der Waals surface area contributed by atoms with Crippen LogP contribution < -0.4 is 22.1 Å². The largest absolute Gasteiger partial charge is 0.416 e. The van der Waals surface area contributed by atoms with E-state index in [0.29, 0.717) is 58.3 Å². The Kier molecular flexibility index (Phi) is 5.76. The first-order valence-corrected chi connectivity index (χ1v) is 11.6. The summed E-state index contributed by atoms with van der Waals surface area (Å²) in [6.45, 7) is 4.60. The third-order valence-corrected chi connectivity index (χ3v) is 6.46. The van der Waals surface area contributed by atoms with Crippen molar-refractivity contribution in [1.29, 1.82) is 0 Å². The third kappa shape index (κ3) is 4.21. The van der Waals surface area contributed by atoms with Crippen molar-refractivity contribution in [1.82, 2.24) is 23.7 Å². The summed E-state index contributed by atoms with van der Waals surface area (Å²) >= 11 is 0. The van der Waals surface area contributed by atoms with Crippen LogP contribution in [0.1, 0.15) is 29.9 Å². The number of nitrogens with zero attached hydrogens (tertiary/aromatic N) is 6. The second-order valence-corrected chi connectivity index (χ2v) is 9.05. The molecule has 37 heavy (non-hydrogen) atoms. The van der Waals surface area contributed by atoms with Gasteiger partial charge in [0.05, 0.1) is 22.7 Å². The van der Waals surface area contributed by atoms with Gasteiger partial charge in [-0.05, 0) is 37.6 Å². The first-order valence-electron chi connectivity index (χ1n) is 11.6. The highest BCUT2D eigenvalue weighted by molar-refractivity contribution is 5.81. The lowest BCUT2D eigenvalue weighted by atomic mass is 10.0. The van der Waals surface area contributed by atoms with Gasteiger partial charge in [-0.3, -0.25) is 14.4 Å². The Labute approximate surface area is 208 Å². The Morgan fingerprint density at radius 1 is 1.08 bits per heavy atom. The molecule has 1 aromatic heterocycles. The van der Waals surface area contributed by atoms with E-state index in [4.69, 9.17) is 0 Å². The molecule has 1 atom stereocenters. The van der Waals surface area contributed by atoms with Gasteiger partial charge in [0.2, 0.25) is 0 Å². The van der Waals surface area contributed by atoms with Crippen molar-refractivity contribution in [2.75, 3.05) is 11.9 Å². The summed E-state index contributed by atoms with van der Waals surface area (Å²) in [4.78, 5) is 39.1. The SMILES string of the molecule is Cc1nc2n3c(c(-c4cn(C)c(=O)n(C)c4=O)cc-2c(=N[C@H](C)c2cccc(C(F)(F)F)c2)n1)NCC3. The van der Waals surface area contributed by atoms with E-state index in [2.05, 4.69) is 20.3 Å². The van der Waals surface area contributed by atoms with E-state index in [0.717, 1.165) is 16.7 Å². The van der Waals surface area contributed by atoms with Crippen molar-refractivity contribution in [2.45, 2.75) is 32.6 Å². The fourth-order valence-electron chi connectivity index (χ4n) is 4.57. The molecule has 9 nitrogen and oxygen atoms in total. The van der Waals surface area contributed by atoms with Gasteiger partial charge in [0, 0.05) is 38.9 Å². The van der Waals surface area contributed by atoms with Crippen LogP contribution in [-0.4, -0.2) is 30.2 Å². The van der Waals surface area contributed by atoms with E-state index >= 15 is 0 Å². The van der Waals surface area contributed by atoms with Crippen LogP contribution in [0, 0.1) is 6.92 Å². The van der Waals surface area contributed by atoms with E-state index in [-0.39, 0.29) is 0 Å². The monoisotopic (exact) mass is 511 g/mol. The molecule has 4 heterocycles. The smallest absolute Gasteiger partial charge is 0.369 e. The number of hydrogen-bond acceptors (Lipinski definition) is 6. The van der Waals surface area contributed by atoms with Crippen molar-refractivity contribution in [3.8, 4) is 22.5 Å². The number of fused-ring (bicyclic) bond motifs is 3. The summed E-state index contributed by atoms with van der Waals surface area (Å²) in [5, 5.41) is 3.30. The Morgan fingerprint density at radius 2 is 1.84 bits per heavy atom. The lowest BCUT2D eigenvalue weighted by Crippen LogP contribution is -2.37. The molecule has 0 unspecified atom stereocenters. The molecule has 3 aliphatic heterocycles. The topological polar surface area (TPSA) is 99.1 Å². The molecule has 0 radical (unpaired) electrons. The number of alkyl halides is 3. The highest BCUT2D eigenvalue weighted by atomic mass is 19.4. The van der Waals surface area contributed by atoms with Gasteiger partial charge < -0.3 is 14.5 Å². The lowest BCUT2D eigenvalue weighted by molar-refractivity contribution is -0.137. The van der Waals surface area contributed by atoms with Crippen LogP contribution in [0.3, 0.4) is 0 Å². The fourth-order valence-corrected chi connectivity index (χ4v) is 4.57. The molecule has 12 heteroatoms. The average Bonchev–Trinajstić information content (AvgIpc) is 3.35. The Bertz CT molecular complexity index is 1700. The maximum Gasteiger partial charge on any atom is 0.416 e. The molecule has 192 valence electrons. The summed E-state index contributed by atoms with van der Waals surface area (Å²) in [6.07, 6.45) is -2.97. The normalized spacial score (nSPS) is 14.6. The molecule has 0 saturated carbocycles. The molecule has 0 aliphatic carbocycles. The Morgan fingerprint density at radius 3 is 2.57 bits per heavy atom. The molecular weight excluding hydrogens is 487 g/mol. The van der Waals surface area contributed by atoms with Gasteiger partial charge in [0.25, 0.3) is 5.56 Å². The number of pyridine rings is 1. The van der Waals surface area contributed by atoms with Crippen molar-refractivity contribution < 1.29 is 13.2 Å². The molecule has 1 aromatic carbocycles. The number of anilines is 1. The maximum absolute atomic E-state index is 13.3. The van der Waals surface area contributed by atoms with Crippen LogP contribution in [0.5, 0.6) is 0 Å². The number of hydrogen-bond donors (Lipinski definition) is 1. The van der Waals surface area contributed by atoms with Crippen molar-refractivity contribution in [3.63, 3.8) is 0 Å². The minimum atomic E-state index is -4.46. The fraction of sp³-hybridized carbons (Fsp3) is 0.320. The third-order valence-electron chi connectivity index (χ3n) is 6.46. The van der Waals surface area contributed by atoms with Crippen molar-refractivity contribution in [3.05, 3.63) is 79.8 Å². The molecule has 1 N–H and O–H groups in total. The van der Waals surface area contributed by atoms with Crippen LogP contribution in [0.25, 0.3) is 22.5 Å². The molecule has 0 spiro atoms. The highest BCUT2D eigenvalue weighted by Gasteiger charge is 2.31. The first-order chi connectivity index (χ1) is 17.5. The summed E-state index contributed by atoms with van der Waals surface area (Å²) < 4.78 is 44.1. The molecule has 3 aliphatic rings. The summed E-state index contributed by atoms with van der Waals surface area (Å²) in [5.74, 6) is 1.72. The van der Waals surface area contributed by atoms with Crippen LogP contribution in [-0.2, 0) is 26.8 Å². The summed E-state index contributed by atoms with van der Waals surface area (Å²) in [6, 6.07) is 6.17. The zero-order valence-corrected chi connectivity index (χ0v) is 20.6. The zero-order valence-electron chi connectivity index (χ0n) is 20.6. The minimum Gasteiger partial charge on any atom is -0.369 e. The van der Waals surface area contributed by atoms with Gasteiger partial charge in [-0.15, -0.1) is 0 Å². The number of rotatable bonds is 3. The zero-order chi connectivity index (χ0) is 26.6. The van der Waals surface area contributed by atoms with Gasteiger partial charge in [-0.25, -0.2) is 14.8 Å². The molecule has 5 rings (SSSR count). The first kappa shape index (κ1) is 24.5. The predicted molar refractivity (Wildman–Crippen MR) is 131 cm³/mol. The summed E-state index contributed by atoms with van der Waals surface area (Å²) in [7, 11) is 2.98. The van der Waals surface area contributed by atoms with E-state index < -0.39 is 29.0 Å². The molecule has 0 saturated heterocycles. The van der Waals surface area contributed by atoms with Crippen molar-refractivity contribution in [2.24, 2.45) is 19.1 Å². The number of halogens is 3. The number of nitrogens with one attached hydrogen (secondary N) is 1. The standard InChI is InChI=1S/C25H24F3N7O2/c1-13(15-6-5-7-16(10-15)25(26,27)28)30-20-18-11-17(19-12-33(3)24(37)34(4)23(19)36)21-29-8-9-35(21)22(18)32-14(2)31-20/h5-7,10-13,29H,8-9H2,1-4H3/t13-/m1/s1. The van der Waals surface area contributed by atoms with E-state index in [1.165, 1.54) is 23.9 Å². The molecule has 0 fully saturated rings. The maximum atomic E-state index is 13.3. The van der Waals surface area contributed by atoms with Gasteiger partial charge in [0.1, 0.15) is 17.5 Å². The van der Waals surface area contributed by atoms with E-state index in [1.54, 1.807) is 33.0 Å². The van der Waals surface area contributed by atoms with Crippen LogP contribution in [0.15, 0.2) is 51.1 Å². The lowest BCUT2D eigenvalue weighted by Gasteiger charge is -2.18. The molecule has 0 bridgehead atoms. The predicted octanol–water partition coefficient (Wildman–Crippen LogP) is 2.86. The summed E-state index contributed by atoms with van der Waals surface area (Å²) in [5.41, 5.74) is 0.447. The van der Waals surface area contributed by atoms with E-state index in [9.17, 15) is 22.8 Å². The highest BCUT2D eigenvalue weighted by Crippen LogP contribution is 2.35. The van der Waals surface area contributed by atoms with Gasteiger partial charge in [-0.1, -0.05) is 12.1 Å². The number of aromatic nitrogens is 5. The van der Waals surface area contributed by atoms with Crippen LogP contribution >= 0.6 is 0 Å².